The average Bonchev–Trinajstić information content (AvgIpc) is 3.13. The highest BCUT2D eigenvalue weighted by atomic mass is 16.3. The minimum Gasteiger partial charge on any atom is -0.390 e. The first kappa shape index (κ1) is 17.1. The maximum Gasteiger partial charge on any atom is 0.0862 e. The molecular formula is C17H28N6O. The van der Waals surface area contributed by atoms with Gasteiger partial charge < -0.3 is 5.11 Å². The number of hydrogen-bond acceptors (Lipinski definition) is 5. The second-order valence-electron chi connectivity index (χ2n) is 6.73. The van der Waals surface area contributed by atoms with Gasteiger partial charge in [-0.25, -0.2) is 0 Å². The number of rotatable bonds is 6. The first-order valence-electron chi connectivity index (χ1n) is 8.62. The van der Waals surface area contributed by atoms with Crippen LogP contribution in [0.3, 0.4) is 0 Å². The zero-order valence-electron chi connectivity index (χ0n) is 14.9. The highest BCUT2D eigenvalue weighted by Gasteiger charge is 2.21. The fourth-order valence-electron chi connectivity index (χ4n) is 3.38. The minimum atomic E-state index is -0.376. The van der Waals surface area contributed by atoms with Gasteiger partial charge in [0.1, 0.15) is 0 Å². The van der Waals surface area contributed by atoms with Gasteiger partial charge in [-0.05, 0) is 19.9 Å². The van der Waals surface area contributed by atoms with E-state index in [2.05, 4.69) is 33.8 Å². The van der Waals surface area contributed by atoms with Crippen LogP contribution in [0.15, 0.2) is 18.5 Å². The molecule has 0 unspecified atom stereocenters. The van der Waals surface area contributed by atoms with E-state index in [1.54, 1.807) is 10.9 Å². The van der Waals surface area contributed by atoms with E-state index in [9.17, 15) is 5.11 Å². The second-order valence-corrected chi connectivity index (χ2v) is 6.73. The molecule has 7 nitrogen and oxygen atoms in total. The zero-order valence-corrected chi connectivity index (χ0v) is 14.9. The lowest BCUT2D eigenvalue weighted by molar-refractivity contribution is 0.0604. The molecule has 7 heteroatoms. The maximum absolute atomic E-state index is 10.2. The monoisotopic (exact) mass is 332 g/mol. The van der Waals surface area contributed by atoms with Gasteiger partial charge in [-0.3, -0.25) is 19.2 Å². The van der Waals surface area contributed by atoms with Crippen LogP contribution < -0.4 is 0 Å². The summed E-state index contributed by atoms with van der Waals surface area (Å²) in [6.07, 6.45) is 3.26. The standard InChI is InChI=1S/C17H28N6O/c1-14-17(15(2)20(3)19-14)13-22-9-7-21(8-10-22)11-16(24)12-23-6-4-5-18-23/h4-6,16,24H,7-13H2,1-3H3/t16-/m1/s1. The van der Waals surface area contributed by atoms with Crippen LogP contribution in [-0.4, -0.2) is 73.3 Å². The van der Waals surface area contributed by atoms with Crippen molar-refractivity contribution in [2.75, 3.05) is 32.7 Å². The lowest BCUT2D eigenvalue weighted by Gasteiger charge is -2.35. The molecule has 1 N–H and O–H groups in total. The van der Waals surface area contributed by atoms with Gasteiger partial charge in [-0.2, -0.15) is 10.2 Å². The lowest BCUT2D eigenvalue weighted by atomic mass is 10.1. The molecule has 2 aromatic rings. The zero-order chi connectivity index (χ0) is 17.1. The van der Waals surface area contributed by atoms with Gasteiger partial charge in [-0.15, -0.1) is 0 Å². The van der Waals surface area contributed by atoms with Crippen molar-refractivity contribution < 1.29 is 5.11 Å². The van der Waals surface area contributed by atoms with Gasteiger partial charge in [0.2, 0.25) is 0 Å². The molecule has 2 aromatic heterocycles. The summed E-state index contributed by atoms with van der Waals surface area (Å²) < 4.78 is 3.75. The molecule has 0 bridgehead atoms. The van der Waals surface area contributed by atoms with E-state index >= 15 is 0 Å². The SMILES string of the molecule is Cc1nn(C)c(C)c1CN1CCN(C[C@@H](O)Cn2cccn2)CC1. The van der Waals surface area contributed by atoms with Crippen LogP contribution >= 0.6 is 0 Å². The lowest BCUT2D eigenvalue weighted by Crippen LogP contribution is -2.48. The van der Waals surface area contributed by atoms with E-state index in [0.717, 1.165) is 38.4 Å². The van der Waals surface area contributed by atoms with E-state index in [1.165, 1.54) is 11.3 Å². The molecule has 0 spiro atoms. The first-order chi connectivity index (χ1) is 11.5. The van der Waals surface area contributed by atoms with Crippen molar-refractivity contribution in [3.8, 4) is 0 Å². The Labute approximate surface area is 143 Å². The molecule has 0 aromatic carbocycles. The largest absolute Gasteiger partial charge is 0.390 e. The van der Waals surface area contributed by atoms with E-state index < -0.39 is 0 Å². The number of β-amino-alcohol motifs (C(OH)–C–C–N with tert-alkyl or cyclic N) is 1. The van der Waals surface area contributed by atoms with Crippen LogP contribution in [0.4, 0.5) is 0 Å². The summed E-state index contributed by atoms with van der Waals surface area (Å²) in [6.45, 7) is 10.5. The topological polar surface area (TPSA) is 62.4 Å². The Balaban J connectivity index is 1.45. The second kappa shape index (κ2) is 7.46. The van der Waals surface area contributed by atoms with E-state index in [1.807, 2.05) is 24.0 Å². The number of nitrogens with zero attached hydrogens (tertiary/aromatic N) is 6. The van der Waals surface area contributed by atoms with Crippen molar-refractivity contribution in [1.29, 1.82) is 0 Å². The number of aliphatic hydroxyl groups is 1. The fourth-order valence-corrected chi connectivity index (χ4v) is 3.38. The van der Waals surface area contributed by atoms with Crippen LogP contribution in [0.25, 0.3) is 0 Å². The molecule has 1 aliphatic heterocycles. The molecule has 1 fully saturated rings. The predicted molar refractivity (Wildman–Crippen MR) is 92.6 cm³/mol. The van der Waals surface area contributed by atoms with Crippen molar-refractivity contribution in [3.05, 3.63) is 35.4 Å². The molecular weight excluding hydrogens is 304 g/mol. The highest BCUT2D eigenvalue weighted by Crippen LogP contribution is 2.16. The molecule has 132 valence electrons. The van der Waals surface area contributed by atoms with Crippen molar-refractivity contribution >= 4 is 0 Å². The molecule has 0 saturated carbocycles. The number of piperazine rings is 1. The van der Waals surface area contributed by atoms with Gasteiger partial charge in [0, 0.05) is 70.0 Å². The Bertz CT molecular complexity index is 642. The summed E-state index contributed by atoms with van der Waals surface area (Å²) in [4.78, 5) is 4.82. The molecule has 24 heavy (non-hydrogen) atoms. The van der Waals surface area contributed by atoms with E-state index in [0.29, 0.717) is 13.1 Å². The maximum atomic E-state index is 10.2. The molecule has 1 atom stereocenters. The van der Waals surface area contributed by atoms with Gasteiger partial charge in [0.15, 0.2) is 0 Å². The van der Waals surface area contributed by atoms with Gasteiger partial charge in [0.25, 0.3) is 0 Å². The quantitative estimate of drug-likeness (QED) is 0.830. The molecule has 0 aliphatic carbocycles. The number of hydrogen-bond donors (Lipinski definition) is 1. The van der Waals surface area contributed by atoms with Gasteiger partial charge in [0.05, 0.1) is 18.3 Å². The van der Waals surface area contributed by atoms with Gasteiger partial charge >= 0.3 is 0 Å². The number of aromatic nitrogens is 4. The van der Waals surface area contributed by atoms with Crippen LogP contribution in [0.5, 0.6) is 0 Å². The predicted octanol–water partition coefficient (Wildman–Crippen LogP) is 0.412. The summed E-state index contributed by atoms with van der Waals surface area (Å²) in [5.74, 6) is 0. The third-order valence-corrected chi connectivity index (χ3v) is 4.93. The third-order valence-electron chi connectivity index (χ3n) is 4.93. The summed E-state index contributed by atoms with van der Waals surface area (Å²) in [7, 11) is 2.00. The summed E-state index contributed by atoms with van der Waals surface area (Å²) in [6, 6.07) is 1.88. The molecule has 3 heterocycles. The van der Waals surface area contributed by atoms with Crippen LogP contribution in [0, 0.1) is 13.8 Å². The van der Waals surface area contributed by atoms with Crippen molar-refractivity contribution in [3.63, 3.8) is 0 Å². The Morgan fingerprint density at radius 3 is 2.42 bits per heavy atom. The molecule has 3 rings (SSSR count). The summed E-state index contributed by atoms with van der Waals surface area (Å²) in [5.41, 5.74) is 3.74. The van der Waals surface area contributed by atoms with Crippen LogP contribution in [0.1, 0.15) is 17.0 Å². The van der Waals surface area contributed by atoms with Crippen molar-refractivity contribution in [1.82, 2.24) is 29.4 Å². The Morgan fingerprint density at radius 1 is 1.12 bits per heavy atom. The van der Waals surface area contributed by atoms with Crippen molar-refractivity contribution in [2.45, 2.75) is 33.0 Å². The minimum absolute atomic E-state index is 0.376. The molecule has 0 radical (unpaired) electrons. The first-order valence-corrected chi connectivity index (χ1v) is 8.62. The highest BCUT2D eigenvalue weighted by molar-refractivity contribution is 5.24. The third kappa shape index (κ3) is 4.03. The molecule has 0 amide bonds. The Hall–Kier alpha value is -1.70. The fraction of sp³-hybridized carbons (Fsp3) is 0.647. The smallest absolute Gasteiger partial charge is 0.0862 e. The number of aliphatic hydroxyl groups excluding tert-OH is 1. The average molecular weight is 332 g/mol. The van der Waals surface area contributed by atoms with E-state index in [-0.39, 0.29) is 6.10 Å². The van der Waals surface area contributed by atoms with Crippen LogP contribution in [-0.2, 0) is 20.1 Å². The Kier molecular flexibility index (Phi) is 5.33. The van der Waals surface area contributed by atoms with Crippen LogP contribution in [0.2, 0.25) is 0 Å². The number of aryl methyl sites for hydroxylation is 2. The normalized spacial score (nSPS) is 18.2. The molecule has 1 saturated heterocycles. The van der Waals surface area contributed by atoms with Gasteiger partial charge in [-0.1, -0.05) is 0 Å². The Morgan fingerprint density at radius 2 is 1.83 bits per heavy atom. The molecule has 1 aliphatic rings. The van der Waals surface area contributed by atoms with E-state index in [4.69, 9.17) is 0 Å². The summed E-state index contributed by atoms with van der Waals surface area (Å²) in [5, 5.41) is 18.9. The summed E-state index contributed by atoms with van der Waals surface area (Å²) >= 11 is 0. The van der Waals surface area contributed by atoms with Crippen molar-refractivity contribution in [2.24, 2.45) is 7.05 Å².